The van der Waals surface area contributed by atoms with E-state index in [0.29, 0.717) is 0 Å². The van der Waals surface area contributed by atoms with Crippen LogP contribution < -0.4 is 0 Å². The molecule has 0 aliphatic carbocycles. The van der Waals surface area contributed by atoms with Crippen molar-refractivity contribution in [2.45, 2.75) is 25.7 Å². The van der Waals surface area contributed by atoms with Gasteiger partial charge in [-0.25, -0.2) is 0 Å². The van der Waals surface area contributed by atoms with Crippen molar-refractivity contribution in [3.63, 3.8) is 0 Å². The molecule has 0 unspecified atom stereocenters. The van der Waals surface area contributed by atoms with E-state index in [1.807, 2.05) is 73.2 Å². The second kappa shape index (κ2) is 21.5. The summed E-state index contributed by atoms with van der Waals surface area (Å²) in [5.41, 5.74) is 19.8. The zero-order valence-electron chi connectivity index (χ0n) is 36.4. The smallest absolute Gasteiger partial charge is 0.305 e. The predicted molar refractivity (Wildman–Crippen MR) is 277 cm³/mol. The first-order valence-corrected chi connectivity index (χ1v) is 23.7. The predicted octanol–water partition coefficient (Wildman–Crippen LogP) is 16.0. The molecule has 3 heterocycles. The second-order valence-electron chi connectivity index (χ2n) is 16.3. The molecule has 0 bridgehead atoms. The molecule has 0 saturated carbocycles. The van der Waals surface area contributed by atoms with E-state index in [2.05, 4.69) is 193 Å². The zero-order chi connectivity index (χ0) is 44.7. The van der Waals surface area contributed by atoms with Crippen LogP contribution in [0, 0.1) is 18.2 Å². The van der Waals surface area contributed by atoms with Crippen molar-refractivity contribution in [1.82, 2.24) is 15.0 Å². The van der Waals surface area contributed by atoms with Gasteiger partial charge in [-0.1, -0.05) is 204 Å². The number of hydrogen-bond acceptors (Lipinski definition) is 3. The summed E-state index contributed by atoms with van der Waals surface area (Å²) in [6.07, 6.45) is 8.91. The fourth-order valence-corrected chi connectivity index (χ4v) is 9.63. The minimum atomic E-state index is 0. The molecule has 0 N–H and O–H groups in total. The normalized spacial score (nSPS) is 11.0. The van der Waals surface area contributed by atoms with Crippen LogP contribution >= 0.6 is 31.9 Å². The number of pyridine rings is 3. The van der Waals surface area contributed by atoms with E-state index in [0.717, 1.165) is 90.7 Å². The van der Waals surface area contributed by atoms with Gasteiger partial charge in [0.2, 0.25) is 0 Å². The Labute approximate surface area is 423 Å². The number of nitrogens with zero attached hydrogens (tertiary/aromatic N) is 3. The van der Waals surface area contributed by atoms with Crippen LogP contribution in [0.4, 0.5) is 0 Å². The molecular weight excluding hydrogens is 1130 g/mol. The van der Waals surface area contributed by atoms with Crippen LogP contribution in [0.1, 0.15) is 22.3 Å². The van der Waals surface area contributed by atoms with Gasteiger partial charge in [-0.05, 0) is 87.1 Å². The van der Waals surface area contributed by atoms with Crippen LogP contribution in [0.25, 0.3) is 78.3 Å². The molecule has 0 atom stereocenters. The monoisotopic (exact) mass is 1170 g/mol. The zero-order valence-corrected chi connectivity index (χ0v) is 42.0. The quantitative estimate of drug-likeness (QED) is 0.108. The SMILES string of the molecule is Brc1cc(-c2ccccn2)[c-]cc1CCc1cc(CCc2c[c-]c(-c3ccccn3)cc2Br)cc(-c2ccccc2-c2c[c-]c(-c3ccccn3)cc2-c2ccc(-c3ccccc3)cc2)c1.[Ir+3]. The number of benzene rings is 7. The second-order valence-corrected chi connectivity index (χ2v) is 18.0. The Morgan fingerprint density at radius 2 is 0.791 bits per heavy atom. The van der Waals surface area contributed by atoms with Crippen molar-refractivity contribution >= 4 is 31.9 Å². The average Bonchev–Trinajstić information content (AvgIpc) is 3.39. The molecule has 10 rings (SSSR count). The molecule has 0 aliphatic rings. The largest absolute Gasteiger partial charge is 3.00 e. The summed E-state index contributed by atoms with van der Waals surface area (Å²) in [7, 11) is 0. The molecular formula is C61H42Br2IrN3. The summed E-state index contributed by atoms with van der Waals surface area (Å²) < 4.78 is 2.13. The summed E-state index contributed by atoms with van der Waals surface area (Å²) in [5.74, 6) is 0. The molecule has 324 valence electrons. The van der Waals surface area contributed by atoms with E-state index in [9.17, 15) is 0 Å². The Kier molecular flexibility index (Phi) is 14.7. The fourth-order valence-electron chi connectivity index (χ4n) is 8.54. The number of aromatic nitrogens is 3. The average molecular weight is 1170 g/mol. The fraction of sp³-hybridized carbons (Fsp3) is 0.0656. The Balaban J connectivity index is 0.00000562. The standard InChI is InChI=1S/C61H42Br2N3.Ir/c62-57-40-50(60-17-7-10-34-65-60)29-27-47(57)21-19-42-36-43(20-22-48-28-30-51(41-58(48)63)61-18-8-11-35-66-61)38-52(37-42)53-14-4-5-15-54(53)55-32-31-49(59-16-6-9-33-64-59)39-56(55)46-25-23-45(24-26-46)44-12-2-1-3-13-44;/h1-18,23-28,32-41H,19-22H2;/q-3;+3. The van der Waals surface area contributed by atoms with Crippen LogP contribution in [0.5, 0.6) is 0 Å². The van der Waals surface area contributed by atoms with Crippen molar-refractivity contribution < 1.29 is 20.1 Å². The van der Waals surface area contributed by atoms with E-state index >= 15 is 0 Å². The minimum Gasteiger partial charge on any atom is -0.305 e. The minimum absolute atomic E-state index is 0. The summed E-state index contributed by atoms with van der Waals surface area (Å²) in [6.45, 7) is 0. The maximum Gasteiger partial charge on any atom is 3.00 e. The third-order valence-corrected chi connectivity index (χ3v) is 13.5. The first kappa shape index (κ1) is 45.7. The molecule has 7 aromatic carbocycles. The van der Waals surface area contributed by atoms with E-state index in [-0.39, 0.29) is 20.1 Å². The van der Waals surface area contributed by atoms with Gasteiger partial charge in [0.1, 0.15) is 0 Å². The molecule has 6 heteroatoms. The Hall–Kier alpha value is -6.40. The summed E-state index contributed by atoms with van der Waals surface area (Å²) >= 11 is 7.78. The summed E-state index contributed by atoms with van der Waals surface area (Å²) in [5, 5.41) is 0. The van der Waals surface area contributed by atoms with Crippen LogP contribution in [0.3, 0.4) is 0 Å². The van der Waals surface area contributed by atoms with Crippen molar-refractivity contribution in [3.8, 4) is 78.3 Å². The van der Waals surface area contributed by atoms with Gasteiger partial charge >= 0.3 is 20.1 Å². The molecule has 3 nitrogen and oxygen atoms in total. The van der Waals surface area contributed by atoms with Crippen molar-refractivity contribution in [1.29, 1.82) is 0 Å². The molecule has 0 saturated heterocycles. The van der Waals surface area contributed by atoms with Gasteiger partial charge in [0.25, 0.3) is 0 Å². The molecule has 0 radical (unpaired) electrons. The molecule has 0 aliphatic heterocycles. The number of halogens is 2. The van der Waals surface area contributed by atoms with Crippen molar-refractivity contribution in [2.75, 3.05) is 0 Å². The van der Waals surface area contributed by atoms with E-state index in [4.69, 9.17) is 4.98 Å². The Bertz CT molecular complexity index is 3140. The molecule has 67 heavy (non-hydrogen) atoms. The topological polar surface area (TPSA) is 38.7 Å². The van der Waals surface area contributed by atoms with Crippen LogP contribution in [0.2, 0.25) is 0 Å². The maximum absolute atomic E-state index is 4.70. The Morgan fingerprint density at radius 1 is 0.343 bits per heavy atom. The van der Waals surface area contributed by atoms with Gasteiger partial charge in [0, 0.05) is 18.6 Å². The van der Waals surface area contributed by atoms with E-state index < -0.39 is 0 Å². The van der Waals surface area contributed by atoms with Gasteiger partial charge in [-0.15, -0.1) is 82.4 Å². The van der Waals surface area contributed by atoms with Gasteiger partial charge < -0.3 is 15.0 Å². The third-order valence-electron chi connectivity index (χ3n) is 12.0. The van der Waals surface area contributed by atoms with Crippen molar-refractivity contribution in [3.05, 3.63) is 256 Å². The van der Waals surface area contributed by atoms with Gasteiger partial charge in [-0.2, -0.15) is 0 Å². The molecule has 0 amide bonds. The summed E-state index contributed by atoms with van der Waals surface area (Å²) in [6, 6.07) is 76.9. The molecule has 0 fully saturated rings. The van der Waals surface area contributed by atoms with E-state index in [1.54, 1.807) is 0 Å². The van der Waals surface area contributed by atoms with Crippen LogP contribution in [-0.2, 0) is 45.8 Å². The van der Waals surface area contributed by atoms with Gasteiger partial charge in [0.15, 0.2) is 0 Å². The number of rotatable bonds is 13. The molecule has 0 spiro atoms. The Morgan fingerprint density at radius 3 is 1.30 bits per heavy atom. The maximum atomic E-state index is 4.70. The first-order valence-electron chi connectivity index (χ1n) is 22.1. The number of hydrogen-bond donors (Lipinski definition) is 0. The van der Waals surface area contributed by atoms with Crippen molar-refractivity contribution in [2.24, 2.45) is 0 Å². The van der Waals surface area contributed by atoms with Crippen LogP contribution in [-0.4, -0.2) is 15.0 Å². The number of aryl methyl sites for hydroxylation is 4. The van der Waals surface area contributed by atoms with Crippen LogP contribution in [0.15, 0.2) is 216 Å². The molecule has 3 aromatic heterocycles. The molecule has 10 aromatic rings. The third kappa shape index (κ3) is 10.8. The first-order chi connectivity index (χ1) is 32.5. The van der Waals surface area contributed by atoms with Gasteiger partial charge in [0.05, 0.1) is 0 Å². The van der Waals surface area contributed by atoms with Gasteiger partial charge in [-0.3, -0.25) is 0 Å². The van der Waals surface area contributed by atoms with E-state index in [1.165, 1.54) is 44.5 Å². The summed E-state index contributed by atoms with van der Waals surface area (Å²) in [4.78, 5) is 13.8.